The number of benzene rings is 7. The zero-order valence-corrected chi connectivity index (χ0v) is 48.2. The number of hydrogen-bond acceptors (Lipinski definition) is 3. The smallest absolute Gasteiger partial charge is 0.252 e. The molecule has 0 spiro atoms. The van der Waals surface area contributed by atoms with Gasteiger partial charge < -0.3 is 14.7 Å². The molecule has 3 aliphatic heterocycles. The van der Waals surface area contributed by atoms with E-state index < -0.39 is 0 Å². The van der Waals surface area contributed by atoms with Crippen LogP contribution in [0.5, 0.6) is 0 Å². The standard InChI is InChI=1S/C70H82BN3/c1-63(2,3)46-27-24-28-50(39-46)72-59-42-49(66(10,11)12)31-34-55(59)71-54-29-22-23-30-58(54)73(56-35-32-47(64(4,5)6)40-52(56)45-25-20-19-21-26-45)61-44-51(43-60(72)62(61)71)74-57-36-33-48(65(7,8)9)41-53(57)69(17)67(13,14)37-38-68(15,16)70(69,74)18/h19-36,39-44H,37-38H2,1-18H3. The second-order valence-electron chi connectivity index (χ2n) is 28.5. The first kappa shape index (κ1) is 50.2. The van der Waals surface area contributed by atoms with Gasteiger partial charge in [-0.1, -0.05) is 209 Å². The van der Waals surface area contributed by atoms with Crippen molar-refractivity contribution in [3.8, 4) is 11.1 Å². The highest BCUT2D eigenvalue weighted by Crippen LogP contribution is 2.72. The van der Waals surface area contributed by atoms with Gasteiger partial charge in [0.1, 0.15) is 0 Å². The van der Waals surface area contributed by atoms with Crippen LogP contribution in [0.25, 0.3) is 11.1 Å². The first-order valence-electron chi connectivity index (χ1n) is 27.8. The van der Waals surface area contributed by atoms with Crippen LogP contribution in [-0.2, 0) is 27.1 Å². The van der Waals surface area contributed by atoms with Crippen molar-refractivity contribution in [2.45, 2.75) is 170 Å². The molecular formula is C70H82BN3. The summed E-state index contributed by atoms with van der Waals surface area (Å²) in [5.74, 6) is 0. The average Bonchev–Trinajstić information content (AvgIpc) is 3.56. The normalized spacial score (nSPS) is 20.7. The van der Waals surface area contributed by atoms with E-state index in [1.807, 2.05) is 0 Å². The van der Waals surface area contributed by atoms with Crippen LogP contribution in [0.1, 0.15) is 165 Å². The monoisotopic (exact) mass is 976 g/mol. The largest absolute Gasteiger partial charge is 0.334 e. The topological polar surface area (TPSA) is 9.72 Å². The molecular weight excluding hydrogens is 894 g/mol. The molecule has 2 unspecified atom stereocenters. The lowest BCUT2D eigenvalue weighted by Gasteiger charge is -2.65. The Hall–Kier alpha value is -6.00. The number of fused-ring (bicyclic) bond motifs is 7. The van der Waals surface area contributed by atoms with E-state index in [9.17, 15) is 0 Å². The molecule has 3 heterocycles. The fraction of sp³-hybridized carbons (Fsp3) is 0.400. The van der Waals surface area contributed by atoms with Crippen molar-refractivity contribution in [1.82, 2.24) is 0 Å². The molecule has 0 N–H and O–H groups in total. The molecule has 4 heteroatoms. The Morgan fingerprint density at radius 1 is 0.392 bits per heavy atom. The highest BCUT2D eigenvalue weighted by molar-refractivity contribution is 7.00. The maximum atomic E-state index is 2.87. The minimum atomic E-state index is -0.315. The van der Waals surface area contributed by atoms with Gasteiger partial charge in [-0.05, 0) is 157 Å². The van der Waals surface area contributed by atoms with Crippen molar-refractivity contribution in [3.05, 3.63) is 173 Å². The van der Waals surface area contributed by atoms with E-state index in [2.05, 4.69) is 285 Å². The molecule has 1 fully saturated rings. The predicted molar refractivity (Wildman–Crippen MR) is 322 cm³/mol. The van der Waals surface area contributed by atoms with Gasteiger partial charge in [0.05, 0.1) is 11.2 Å². The summed E-state index contributed by atoms with van der Waals surface area (Å²) in [5.41, 5.74) is 22.6. The summed E-state index contributed by atoms with van der Waals surface area (Å²) >= 11 is 0. The third-order valence-corrected chi connectivity index (χ3v) is 19.4. The van der Waals surface area contributed by atoms with Gasteiger partial charge in [-0.15, -0.1) is 0 Å². The molecule has 74 heavy (non-hydrogen) atoms. The molecule has 0 radical (unpaired) electrons. The second-order valence-corrected chi connectivity index (χ2v) is 28.5. The number of hydrogen-bond donors (Lipinski definition) is 0. The number of rotatable bonds is 4. The van der Waals surface area contributed by atoms with Gasteiger partial charge in [0.2, 0.25) is 0 Å². The fourth-order valence-electron chi connectivity index (χ4n) is 14.1. The molecule has 7 aromatic carbocycles. The zero-order valence-electron chi connectivity index (χ0n) is 48.2. The first-order valence-corrected chi connectivity index (χ1v) is 27.8. The number of nitrogens with zero attached hydrogens (tertiary/aromatic N) is 3. The van der Waals surface area contributed by atoms with Crippen LogP contribution in [-0.4, -0.2) is 12.3 Å². The molecule has 380 valence electrons. The van der Waals surface area contributed by atoms with Crippen LogP contribution in [0.4, 0.5) is 45.5 Å². The van der Waals surface area contributed by atoms with Gasteiger partial charge in [-0.3, -0.25) is 0 Å². The third-order valence-electron chi connectivity index (χ3n) is 19.4. The molecule has 0 aromatic heterocycles. The van der Waals surface area contributed by atoms with Crippen molar-refractivity contribution in [2.24, 2.45) is 10.8 Å². The van der Waals surface area contributed by atoms with Gasteiger partial charge in [-0.25, -0.2) is 0 Å². The summed E-state index contributed by atoms with van der Waals surface area (Å²) in [6, 6.07) is 57.4. The van der Waals surface area contributed by atoms with Gasteiger partial charge >= 0.3 is 0 Å². The molecule has 2 atom stereocenters. The third kappa shape index (κ3) is 7.26. The van der Waals surface area contributed by atoms with Crippen LogP contribution >= 0.6 is 0 Å². The van der Waals surface area contributed by atoms with Crippen molar-refractivity contribution >= 4 is 68.6 Å². The van der Waals surface area contributed by atoms with Gasteiger partial charge in [0.15, 0.2) is 0 Å². The quantitative estimate of drug-likeness (QED) is 0.163. The lowest BCUT2D eigenvalue weighted by Crippen LogP contribution is -2.69. The van der Waals surface area contributed by atoms with Crippen molar-refractivity contribution in [2.75, 3.05) is 14.7 Å². The molecule has 11 rings (SSSR count). The molecule has 3 nitrogen and oxygen atoms in total. The van der Waals surface area contributed by atoms with Crippen molar-refractivity contribution in [3.63, 3.8) is 0 Å². The maximum Gasteiger partial charge on any atom is 0.252 e. The predicted octanol–water partition coefficient (Wildman–Crippen LogP) is 17.6. The average molecular weight is 976 g/mol. The summed E-state index contributed by atoms with van der Waals surface area (Å²) in [6.07, 6.45) is 2.30. The highest BCUT2D eigenvalue weighted by atomic mass is 15.3. The zero-order chi connectivity index (χ0) is 53.1. The lowest BCUT2D eigenvalue weighted by atomic mass is 9.33. The second kappa shape index (κ2) is 16.3. The van der Waals surface area contributed by atoms with Gasteiger partial charge in [0.25, 0.3) is 6.71 Å². The van der Waals surface area contributed by atoms with Crippen molar-refractivity contribution in [1.29, 1.82) is 0 Å². The summed E-state index contributed by atoms with van der Waals surface area (Å²) in [6.45, 7) is 43.8. The Morgan fingerprint density at radius 3 is 1.57 bits per heavy atom. The Kier molecular flexibility index (Phi) is 11.0. The summed E-state index contributed by atoms with van der Waals surface area (Å²) in [5, 5.41) is 0. The Bertz CT molecular complexity index is 3380. The Labute approximate surface area is 446 Å². The van der Waals surface area contributed by atoms with Gasteiger partial charge in [-0.2, -0.15) is 0 Å². The fourth-order valence-corrected chi connectivity index (χ4v) is 14.1. The van der Waals surface area contributed by atoms with E-state index in [1.165, 1.54) is 107 Å². The molecule has 4 aliphatic rings. The highest BCUT2D eigenvalue weighted by Gasteiger charge is 2.70. The first-order chi connectivity index (χ1) is 34.5. The van der Waals surface area contributed by atoms with E-state index in [0.29, 0.717) is 0 Å². The molecule has 0 amide bonds. The molecule has 1 saturated carbocycles. The van der Waals surface area contributed by atoms with Crippen LogP contribution in [0.3, 0.4) is 0 Å². The van der Waals surface area contributed by atoms with E-state index in [0.717, 1.165) is 6.42 Å². The van der Waals surface area contributed by atoms with E-state index in [4.69, 9.17) is 0 Å². The van der Waals surface area contributed by atoms with E-state index >= 15 is 0 Å². The van der Waals surface area contributed by atoms with Crippen LogP contribution in [0.15, 0.2) is 146 Å². The van der Waals surface area contributed by atoms with Crippen LogP contribution in [0, 0.1) is 10.8 Å². The van der Waals surface area contributed by atoms with Gasteiger partial charge in [0, 0.05) is 50.8 Å². The summed E-state index contributed by atoms with van der Waals surface area (Å²) in [4.78, 5) is 8.20. The summed E-state index contributed by atoms with van der Waals surface area (Å²) < 4.78 is 0. The molecule has 7 aromatic rings. The Balaban J connectivity index is 1.32. The van der Waals surface area contributed by atoms with E-state index in [-0.39, 0.29) is 50.2 Å². The maximum absolute atomic E-state index is 2.87. The Morgan fingerprint density at radius 2 is 0.919 bits per heavy atom. The number of para-hydroxylation sites is 1. The van der Waals surface area contributed by atoms with Crippen LogP contribution in [0.2, 0.25) is 0 Å². The molecule has 1 aliphatic carbocycles. The van der Waals surface area contributed by atoms with E-state index in [1.54, 1.807) is 0 Å². The lowest BCUT2D eigenvalue weighted by molar-refractivity contribution is -0.0415. The molecule has 0 saturated heterocycles. The van der Waals surface area contributed by atoms with Crippen LogP contribution < -0.4 is 31.1 Å². The SMILES string of the molecule is CC(C)(C)c1cccc(N2c3cc(C(C)(C)C)ccc3B3c4ccccc4N(c4ccc(C(C)(C)C)cc4-c4ccccc4)c4cc(N5c6ccc(C(C)(C)C)cc6C6(C)C(C)(C)CCC(C)(C)C56C)cc2c43)c1. The molecule has 0 bridgehead atoms. The summed E-state index contributed by atoms with van der Waals surface area (Å²) in [7, 11) is 0. The minimum absolute atomic E-state index is 0.00280. The number of anilines is 8. The van der Waals surface area contributed by atoms with Crippen molar-refractivity contribution < 1.29 is 0 Å². The minimum Gasteiger partial charge on any atom is -0.334 e.